The number of nitrogens with one attached hydrogen (secondary N) is 1. The summed E-state index contributed by atoms with van der Waals surface area (Å²) >= 11 is 1.24. The molecule has 0 atom stereocenters. The first-order chi connectivity index (χ1) is 9.15. The summed E-state index contributed by atoms with van der Waals surface area (Å²) in [5.74, 6) is -0.620. The number of fused-ring (bicyclic) bond motifs is 1. The molecule has 5 nitrogen and oxygen atoms in total. The zero-order valence-corrected chi connectivity index (χ0v) is 10.7. The summed E-state index contributed by atoms with van der Waals surface area (Å²) in [4.78, 5) is 12.1. The van der Waals surface area contributed by atoms with E-state index in [2.05, 4.69) is 15.5 Å². The summed E-state index contributed by atoms with van der Waals surface area (Å²) < 4.78 is 14.9. The fourth-order valence-corrected chi connectivity index (χ4v) is 2.37. The second-order valence-corrected chi connectivity index (χ2v) is 4.82. The Morgan fingerprint density at radius 2 is 2.26 bits per heavy atom. The molecule has 1 N–H and O–H groups in total. The Morgan fingerprint density at radius 1 is 1.42 bits per heavy atom. The molecule has 0 radical (unpaired) electrons. The van der Waals surface area contributed by atoms with Gasteiger partial charge in [0.1, 0.15) is 17.0 Å². The highest BCUT2D eigenvalue weighted by Crippen LogP contribution is 2.21. The van der Waals surface area contributed by atoms with Gasteiger partial charge in [-0.1, -0.05) is 11.3 Å². The fraction of sp³-hybridized carbons (Fsp3) is 0.0833. The van der Waals surface area contributed by atoms with Crippen molar-refractivity contribution >= 4 is 33.3 Å². The lowest BCUT2D eigenvalue weighted by Crippen LogP contribution is -2.15. The van der Waals surface area contributed by atoms with Gasteiger partial charge in [0.15, 0.2) is 0 Å². The van der Waals surface area contributed by atoms with Crippen molar-refractivity contribution in [2.75, 3.05) is 5.32 Å². The van der Waals surface area contributed by atoms with E-state index < -0.39 is 0 Å². The van der Waals surface area contributed by atoms with E-state index in [0.717, 1.165) is 5.52 Å². The van der Waals surface area contributed by atoms with Gasteiger partial charge in [-0.15, -0.1) is 10.2 Å². The van der Waals surface area contributed by atoms with Crippen LogP contribution in [0.3, 0.4) is 0 Å². The number of anilines is 1. The predicted molar refractivity (Wildman–Crippen MR) is 70.7 cm³/mol. The first kappa shape index (κ1) is 11.8. The second kappa shape index (κ2) is 4.43. The number of carbonyl (C=O) groups excluding carboxylic acids is 1. The SMILES string of the molecule is Cn1c(C(=O)Nc2nncs2)cc2cc(F)ccc21. The minimum Gasteiger partial charge on any atom is -0.340 e. The summed E-state index contributed by atoms with van der Waals surface area (Å²) in [5.41, 5.74) is 2.77. The van der Waals surface area contributed by atoms with Gasteiger partial charge in [0.2, 0.25) is 5.13 Å². The van der Waals surface area contributed by atoms with Gasteiger partial charge in [0.25, 0.3) is 5.91 Å². The van der Waals surface area contributed by atoms with Crippen LogP contribution in [0.5, 0.6) is 0 Å². The summed E-state index contributed by atoms with van der Waals surface area (Å²) in [5, 5.41) is 11.2. The third-order valence-electron chi connectivity index (χ3n) is 2.82. The molecule has 0 unspecified atom stereocenters. The molecular weight excluding hydrogens is 267 g/mol. The van der Waals surface area contributed by atoms with E-state index in [4.69, 9.17) is 0 Å². The van der Waals surface area contributed by atoms with Gasteiger partial charge >= 0.3 is 0 Å². The van der Waals surface area contributed by atoms with Crippen molar-refractivity contribution in [1.82, 2.24) is 14.8 Å². The van der Waals surface area contributed by atoms with E-state index in [1.165, 1.54) is 29.0 Å². The van der Waals surface area contributed by atoms with Gasteiger partial charge in [0.05, 0.1) is 0 Å². The highest BCUT2D eigenvalue weighted by Gasteiger charge is 2.14. The molecule has 0 spiro atoms. The van der Waals surface area contributed by atoms with Crippen LogP contribution in [0, 0.1) is 5.82 Å². The van der Waals surface area contributed by atoms with Gasteiger partial charge in [-0.25, -0.2) is 4.39 Å². The molecule has 0 bridgehead atoms. The van der Waals surface area contributed by atoms with Crippen LogP contribution in [-0.2, 0) is 7.05 Å². The molecule has 7 heteroatoms. The molecule has 3 aromatic rings. The minimum atomic E-state index is -0.325. The van der Waals surface area contributed by atoms with E-state index in [1.54, 1.807) is 23.7 Å². The standard InChI is InChI=1S/C12H9FN4OS/c1-17-9-3-2-8(13)4-7(9)5-10(17)11(18)15-12-16-14-6-19-12/h2-6H,1H3,(H,15,16,18). The van der Waals surface area contributed by atoms with Crippen molar-refractivity contribution < 1.29 is 9.18 Å². The fourth-order valence-electron chi connectivity index (χ4n) is 1.93. The number of benzene rings is 1. The molecule has 0 fully saturated rings. The van der Waals surface area contributed by atoms with Crippen LogP contribution in [0.25, 0.3) is 10.9 Å². The van der Waals surface area contributed by atoms with E-state index in [1.807, 2.05) is 0 Å². The van der Waals surface area contributed by atoms with E-state index in [0.29, 0.717) is 16.2 Å². The Balaban J connectivity index is 2.00. The van der Waals surface area contributed by atoms with Gasteiger partial charge in [-0.05, 0) is 24.3 Å². The zero-order valence-electron chi connectivity index (χ0n) is 9.92. The summed E-state index contributed by atoms with van der Waals surface area (Å²) in [7, 11) is 1.76. The van der Waals surface area contributed by atoms with Crippen LogP contribution in [0.15, 0.2) is 29.8 Å². The number of halogens is 1. The van der Waals surface area contributed by atoms with Crippen molar-refractivity contribution in [1.29, 1.82) is 0 Å². The molecule has 1 amide bonds. The first-order valence-electron chi connectivity index (χ1n) is 5.47. The normalized spacial score (nSPS) is 10.8. The Labute approximate surface area is 111 Å². The maximum Gasteiger partial charge on any atom is 0.274 e. The van der Waals surface area contributed by atoms with Crippen LogP contribution in [0.4, 0.5) is 9.52 Å². The average molecular weight is 276 g/mol. The maximum absolute atomic E-state index is 13.2. The van der Waals surface area contributed by atoms with Crippen molar-refractivity contribution in [2.24, 2.45) is 7.05 Å². The summed E-state index contributed by atoms with van der Waals surface area (Å²) in [6.45, 7) is 0. The molecule has 0 aliphatic carbocycles. The number of hydrogen-bond acceptors (Lipinski definition) is 4. The third-order valence-corrected chi connectivity index (χ3v) is 3.42. The van der Waals surface area contributed by atoms with Crippen LogP contribution in [0.2, 0.25) is 0 Å². The lowest BCUT2D eigenvalue weighted by molar-refractivity contribution is 0.101. The number of aromatic nitrogens is 3. The minimum absolute atomic E-state index is 0.296. The third kappa shape index (κ3) is 2.08. The molecule has 1 aromatic carbocycles. The molecule has 19 heavy (non-hydrogen) atoms. The lowest BCUT2D eigenvalue weighted by atomic mass is 10.2. The zero-order chi connectivity index (χ0) is 13.4. The first-order valence-corrected chi connectivity index (χ1v) is 6.35. The smallest absolute Gasteiger partial charge is 0.274 e. The largest absolute Gasteiger partial charge is 0.340 e. The Bertz CT molecular complexity index is 751. The molecule has 0 saturated heterocycles. The summed E-state index contributed by atoms with van der Waals surface area (Å²) in [6.07, 6.45) is 0. The topological polar surface area (TPSA) is 59.8 Å². The van der Waals surface area contributed by atoms with Crippen LogP contribution in [-0.4, -0.2) is 20.7 Å². The highest BCUT2D eigenvalue weighted by atomic mass is 32.1. The molecule has 96 valence electrons. The lowest BCUT2D eigenvalue weighted by Gasteiger charge is -2.03. The van der Waals surface area contributed by atoms with Crippen molar-refractivity contribution in [3.63, 3.8) is 0 Å². The van der Waals surface area contributed by atoms with E-state index >= 15 is 0 Å². The number of carbonyl (C=O) groups is 1. The molecule has 2 heterocycles. The van der Waals surface area contributed by atoms with Crippen LogP contribution >= 0.6 is 11.3 Å². The number of hydrogen-bond donors (Lipinski definition) is 1. The number of aryl methyl sites for hydroxylation is 1. The van der Waals surface area contributed by atoms with Crippen molar-refractivity contribution in [3.8, 4) is 0 Å². The predicted octanol–water partition coefficient (Wildman–Crippen LogP) is 2.42. The quantitative estimate of drug-likeness (QED) is 0.782. The molecule has 3 rings (SSSR count). The van der Waals surface area contributed by atoms with Crippen molar-refractivity contribution in [3.05, 3.63) is 41.3 Å². The van der Waals surface area contributed by atoms with Gasteiger partial charge < -0.3 is 4.57 Å². The molecular formula is C12H9FN4OS. The van der Waals surface area contributed by atoms with E-state index in [-0.39, 0.29) is 11.7 Å². The Hall–Kier alpha value is -2.28. The van der Waals surface area contributed by atoms with E-state index in [9.17, 15) is 9.18 Å². The highest BCUT2D eigenvalue weighted by molar-refractivity contribution is 7.13. The molecule has 2 aromatic heterocycles. The monoisotopic (exact) mass is 276 g/mol. The van der Waals surface area contributed by atoms with Gasteiger partial charge in [-0.2, -0.15) is 0 Å². The Kier molecular flexibility index (Phi) is 2.75. The number of amides is 1. The van der Waals surface area contributed by atoms with Gasteiger partial charge in [0, 0.05) is 18.0 Å². The summed E-state index contributed by atoms with van der Waals surface area (Å²) in [6, 6.07) is 6.06. The maximum atomic E-state index is 13.2. The average Bonchev–Trinajstić information content (AvgIpc) is 2.97. The molecule has 0 aliphatic rings. The van der Waals surface area contributed by atoms with Crippen molar-refractivity contribution in [2.45, 2.75) is 0 Å². The Morgan fingerprint density at radius 3 is 3.00 bits per heavy atom. The van der Waals surface area contributed by atoms with Gasteiger partial charge in [-0.3, -0.25) is 10.1 Å². The van der Waals surface area contributed by atoms with Crippen LogP contribution < -0.4 is 5.32 Å². The second-order valence-electron chi connectivity index (χ2n) is 3.99. The number of rotatable bonds is 2. The number of nitrogens with zero attached hydrogens (tertiary/aromatic N) is 3. The molecule has 0 saturated carbocycles. The van der Waals surface area contributed by atoms with Crippen LogP contribution in [0.1, 0.15) is 10.5 Å². The molecule has 0 aliphatic heterocycles.